The molecule has 0 saturated carbocycles. The zero-order valence-corrected chi connectivity index (χ0v) is 10.1. The number of aromatic amines is 1. The second kappa shape index (κ2) is 4.34. The number of anilines is 2. The van der Waals surface area contributed by atoms with Gasteiger partial charge < -0.3 is 30.9 Å². The molecule has 1 fully saturated rings. The summed E-state index contributed by atoms with van der Waals surface area (Å²) in [4.78, 5) is 12.7. The van der Waals surface area contributed by atoms with Crippen LogP contribution in [0.25, 0.3) is 11.0 Å². The number of aliphatic hydroxyl groups is 3. The second-order valence-electron chi connectivity index (χ2n) is 4.62. The Morgan fingerprint density at radius 2 is 2.21 bits per heavy atom. The third kappa shape index (κ3) is 1.72. The van der Waals surface area contributed by atoms with E-state index in [-0.39, 0.29) is 13.2 Å². The molecule has 0 spiro atoms. The standard InChI is InChI=1S/C11H15N5O3/c12-11-9-8(14-4-15-11)5(1-13-9)16-2-7(18)10(19)6(16)3-17/h1,4,6-7,10,13,17-19H,2-3H2,(H2,12,14,15). The number of nitrogen functional groups attached to an aromatic ring is 1. The molecule has 8 heteroatoms. The van der Waals surface area contributed by atoms with Crippen molar-refractivity contribution in [3.05, 3.63) is 12.5 Å². The third-order valence-corrected chi connectivity index (χ3v) is 3.54. The summed E-state index contributed by atoms with van der Waals surface area (Å²) in [5.41, 5.74) is 7.63. The van der Waals surface area contributed by atoms with Gasteiger partial charge in [-0.25, -0.2) is 9.97 Å². The third-order valence-electron chi connectivity index (χ3n) is 3.54. The Kier molecular flexibility index (Phi) is 2.77. The summed E-state index contributed by atoms with van der Waals surface area (Å²) in [6.45, 7) is -0.0330. The van der Waals surface area contributed by atoms with Gasteiger partial charge in [-0.05, 0) is 0 Å². The summed E-state index contributed by atoms with van der Waals surface area (Å²) in [6.07, 6.45) is 1.14. The molecule has 3 rings (SSSR count). The lowest BCUT2D eigenvalue weighted by atomic mass is 10.1. The lowest BCUT2D eigenvalue weighted by molar-refractivity contribution is 0.0305. The SMILES string of the molecule is Nc1ncnc2c(N3CC(O)C(O)C3CO)c[nH]c12. The quantitative estimate of drug-likeness (QED) is 0.444. The van der Waals surface area contributed by atoms with Crippen LogP contribution in [0, 0.1) is 0 Å². The highest BCUT2D eigenvalue weighted by Gasteiger charge is 2.40. The maximum absolute atomic E-state index is 9.83. The summed E-state index contributed by atoms with van der Waals surface area (Å²) in [6, 6.07) is -0.565. The van der Waals surface area contributed by atoms with Crippen LogP contribution in [-0.4, -0.2) is 61.7 Å². The van der Waals surface area contributed by atoms with E-state index in [1.807, 2.05) is 0 Å². The molecule has 19 heavy (non-hydrogen) atoms. The number of nitrogens with two attached hydrogens (primary N) is 1. The molecule has 1 aliphatic heterocycles. The monoisotopic (exact) mass is 265 g/mol. The molecule has 1 aliphatic rings. The molecule has 3 heterocycles. The average Bonchev–Trinajstić information content (AvgIpc) is 2.93. The van der Waals surface area contributed by atoms with Crippen molar-refractivity contribution in [3.8, 4) is 0 Å². The molecule has 8 nitrogen and oxygen atoms in total. The number of rotatable bonds is 2. The first kappa shape index (κ1) is 12.2. The van der Waals surface area contributed by atoms with Gasteiger partial charge in [-0.2, -0.15) is 0 Å². The summed E-state index contributed by atoms with van der Waals surface area (Å²) in [7, 11) is 0. The highest BCUT2D eigenvalue weighted by atomic mass is 16.3. The van der Waals surface area contributed by atoms with Crippen molar-refractivity contribution >= 4 is 22.5 Å². The van der Waals surface area contributed by atoms with Crippen molar-refractivity contribution in [2.75, 3.05) is 23.8 Å². The predicted octanol–water partition coefficient (Wildman–Crippen LogP) is -1.56. The fraction of sp³-hybridized carbons (Fsp3) is 0.455. The fourth-order valence-electron chi connectivity index (χ4n) is 2.53. The van der Waals surface area contributed by atoms with E-state index in [4.69, 9.17) is 5.73 Å². The molecule has 0 amide bonds. The van der Waals surface area contributed by atoms with Crippen LogP contribution in [-0.2, 0) is 0 Å². The van der Waals surface area contributed by atoms with Crippen molar-refractivity contribution in [1.82, 2.24) is 15.0 Å². The molecule has 0 aliphatic carbocycles. The predicted molar refractivity (Wildman–Crippen MR) is 68.5 cm³/mol. The van der Waals surface area contributed by atoms with Crippen LogP contribution in [0.4, 0.5) is 11.5 Å². The van der Waals surface area contributed by atoms with Crippen molar-refractivity contribution in [1.29, 1.82) is 0 Å². The van der Waals surface area contributed by atoms with Gasteiger partial charge in [0, 0.05) is 12.7 Å². The Bertz CT molecular complexity index is 601. The van der Waals surface area contributed by atoms with Crippen LogP contribution in [0.5, 0.6) is 0 Å². The molecular formula is C11H15N5O3. The molecule has 3 unspecified atom stereocenters. The lowest BCUT2D eigenvalue weighted by Gasteiger charge is -2.24. The molecule has 0 bridgehead atoms. The topological polar surface area (TPSA) is 132 Å². The molecule has 102 valence electrons. The number of nitrogens with zero attached hydrogens (tertiary/aromatic N) is 3. The Hall–Kier alpha value is -1.90. The summed E-state index contributed by atoms with van der Waals surface area (Å²) < 4.78 is 0. The van der Waals surface area contributed by atoms with E-state index >= 15 is 0 Å². The zero-order chi connectivity index (χ0) is 13.6. The van der Waals surface area contributed by atoms with Crippen molar-refractivity contribution in [3.63, 3.8) is 0 Å². The Morgan fingerprint density at radius 3 is 2.95 bits per heavy atom. The van der Waals surface area contributed by atoms with Crippen molar-refractivity contribution in [2.45, 2.75) is 18.2 Å². The molecule has 6 N–H and O–H groups in total. The first-order valence-corrected chi connectivity index (χ1v) is 5.94. The van der Waals surface area contributed by atoms with Gasteiger partial charge in [0.05, 0.1) is 24.4 Å². The van der Waals surface area contributed by atoms with E-state index in [0.717, 1.165) is 0 Å². The molecule has 0 radical (unpaired) electrons. The van der Waals surface area contributed by atoms with E-state index in [0.29, 0.717) is 22.5 Å². The summed E-state index contributed by atoms with van der Waals surface area (Å²) in [5, 5.41) is 28.9. The number of H-pyrrole nitrogens is 1. The molecule has 2 aromatic rings. The van der Waals surface area contributed by atoms with Gasteiger partial charge in [0.25, 0.3) is 0 Å². The zero-order valence-electron chi connectivity index (χ0n) is 10.1. The van der Waals surface area contributed by atoms with Gasteiger partial charge in [-0.15, -0.1) is 0 Å². The Morgan fingerprint density at radius 1 is 1.42 bits per heavy atom. The lowest BCUT2D eigenvalue weighted by Crippen LogP contribution is -2.39. The Balaban J connectivity index is 2.07. The number of fused-ring (bicyclic) bond motifs is 1. The fourth-order valence-corrected chi connectivity index (χ4v) is 2.53. The number of β-amino-alcohol motifs (C(OH)–C–C–N with tert-alkyl or cyclic N) is 1. The minimum absolute atomic E-state index is 0.225. The van der Waals surface area contributed by atoms with Crippen LogP contribution in [0.1, 0.15) is 0 Å². The molecule has 3 atom stereocenters. The largest absolute Gasteiger partial charge is 0.394 e. The van der Waals surface area contributed by atoms with Crippen LogP contribution in [0.3, 0.4) is 0 Å². The number of nitrogens with one attached hydrogen (secondary N) is 1. The van der Waals surface area contributed by atoms with E-state index in [1.165, 1.54) is 6.33 Å². The number of aliphatic hydroxyl groups excluding tert-OH is 3. The molecule has 2 aromatic heterocycles. The van der Waals surface area contributed by atoms with E-state index in [1.54, 1.807) is 11.1 Å². The van der Waals surface area contributed by atoms with Gasteiger partial charge in [0.2, 0.25) is 0 Å². The summed E-state index contributed by atoms with van der Waals surface area (Å²) >= 11 is 0. The minimum Gasteiger partial charge on any atom is -0.394 e. The van der Waals surface area contributed by atoms with Crippen molar-refractivity contribution < 1.29 is 15.3 Å². The maximum atomic E-state index is 9.83. The van der Waals surface area contributed by atoms with E-state index in [2.05, 4.69) is 15.0 Å². The van der Waals surface area contributed by atoms with Gasteiger partial charge in [-0.3, -0.25) is 0 Å². The maximum Gasteiger partial charge on any atom is 0.151 e. The molecular weight excluding hydrogens is 250 g/mol. The summed E-state index contributed by atoms with van der Waals surface area (Å²) in [5.74, 6) is 0.331. The molecule has 1 saturated heterocycles. The number of hydrogen-bond acceptors (Lipinski definition) is 7. The minimum atomic E-state index is -0.992. The van der Waals surface area contributed by atoms with Gasteiger partial charge in [-0.1, -0.05) is 0 Å². The Labute approximate surface area is 108 Å². The van der Waals surface area contributed by atoms with Gasteiger partial charge in [0.1, 0.15) is 23.5 Å². The smallest absolute Gasteiger partial charge is 0.151 e. The average molecular weight is 265 g/mol. The number of hydrogen-bond donors (Lipinski definition) is 5. The van der Waals surface area contributed by atoms with E-state index in [9.17, 15) is 15.3 Å². The highest BCUT2D eigenvalue weighted by molar-refractivity contribution is 5.94. The van der Waals surface area contributed by atoms with Gasteiger partial charge in [0.15, 0.2) is 5.82 Å². The van der Waals surface area contributed by atoms with E-state index < -0.39 is 18.2 Å². The van der Waals surface area contributed by atoms with Crippen LogP contribution in [0.2, 0.25) is 0 Å². The van der Waals surface area contributed by atoms with Crippen LogP contribution < -0.4 is 10.6 Å². The number of aromatic nitrogens is 3. The highest BCUT2D eigenvalue weighted by Crippen LogP contribution is 2.32. The first-order chi connectivity index (χ1) is 9.13. The van der Waals surface area contributed by atoms with Crippen molar-refractivity contribution in [2.24, 2.45) is 0 Å². The second-order valence-corrected chi connectivity index (χ2v) is 4.62. The van der Waals surface area contributed by atoms with Crippen LogP contribution in [0.15, 0.2) is 12.5 Å². The van der Waals surface area contributed by atoms with Gasteiger partial charge >= 0.3 is 0 Å². The normalized spacial score (nSPS) is 27.3. The van der Waals surface area contributed by atoms with Crippen LogP contribution >= 0.6 is 0 Å². The molecule has 0 aromatic carbocycles. The first-order valence-electron chi connectivity index (χ1n) is 5.94.